The Hall–Kier alpha value is -1.19. The van der Waals surface area contributed by atoms with Crippen LogP contribution in [0, 0.1) is 20.8 Å². The van der Waals surface area contributed by atoms with Gasteiger partial charge in [0.05, 0.1) is 6.54 Å². The predicted octanol–water partition coefficient (Wildman–Crippen LogP) is 2.43. The summed E-state index contributed by atoms with van der Waals surface area (Å²) in [6.45, 7) is 12.0. The molecule has 0 radical (unpaired) electrons. The fourth-order valence-electron chi connectivity index (χ4n) is 2.82. The number of ketones is 1. The summed E-state index contributed by atoms with van der Waals surface area (Å²) in [5.41, 5.74) is 4.44. The molecule has 1 aliphatic heterocycles. The first-order valence-corrected chi connectivity index (χ1v) is 7.42. The van der Waals surface area contributed by atoms with E-state index in [2.05, 4.69) is 43.7 Å². The summed E-state index contributed by atoms with van der Waals surface area (Å²) in [5, 5.41) is 0. The fourth-order valence-corrected chi connectivity index (χ4v) is 2.82. The van der Waals surface area contributed by atoms with Crippen molar-refractivity contribution >= 4 is 5.78 Å². The number of nitrogens with zero attached hydrogens (tertiary/aromatic N) is 2. The normalized spacial score (nSPS) is 21.1. The molecule has 0 N–H and O–H groups in total. The SMILES string of the molecule is Cc1cc(C)c(C(=O)CN2CCN(C)C(C)C2)cc1C. The third-order valence-electron chi connectivity index (χ3n) is 4.55. The van der Waals surface area contributed by atoms with E-state index in [0.717, 1.165) is 30.8 Å². The lowest BCUT2D eigenvalue weighted by Gasteiger charge is -2.37. The van der Waals surface area contributed by atoms with E-state index in [9.17, 15) is 4.79 Å². The lowest BCUT2D eigenvalue weighted by atomic mass is 9.97. The van der Waals surface area contributed by atoms with Gasteiger partial charge >= 0.3 is 0 Å². The third-order valence-corrected chi connectivity index (χ3v) is 4.55. The highest BCUT2D eigenvalue weighted by molar-refractivity contribution is 5.99. The summed E-state index contributed by atoms with van der Waals surface area (Å²) >= 11 is 0. The number of carbonyl (C=O) groups is 1. The van der Waals surface area contributed by atoms with Gasteiger partial charge in [-0.2, -0.15) is 0 Å². The molecule has 0 aliphatic carbocycles. The summed E-state index contributed by atoms with van der Waals surface area (Å²) in [7, 11) is 2.15. The second-order valence-corrected chi connectivity index (χ2v) is 6.24. The Balaban J connectivity index is 2.07. The van der Waals surface area contributed by atoms with E-state index in [4.69, 9.17) is 0 Å². The predicted molar refractivity (Wildman–Crippen MR) is 83.5 cm³/mol. The molecule has 1 aromatic carbocycles. The van der Waals surface area contributed by atoms with E-state index in [1.54, 1.807) is 0 Å². The summed E-state index contributed by atoms with van der Waals surface area (Å²) in [5.74, 6) is 0.252. The van der Waals surface area contributed by atoms with Gasteiger partial charge in [-0.05, 0) is 57.5 Å². The number of benzene rings is 1. The standard InChI is InChI=1S/C17H26N2O/c1-12-8-14(3)16(9-13(12)2)17(20)11-19-7-6-18(5)15(4)10-19/h8-9,15H,6-7,10-11H2,1-5H3. The quantitative estimate of drug-likeness (QED) is 0.791. The lowest BCUT2D eigenvalue weighted by Crippen LogP contribution is -2.51. The molecule has 110 valence electrons. The number of carbonyl (C=O) groups excluding carboxylic acids is 1. The molecule has 1 aliphatic rings. The summed E-state index contributed by atoms with van der Waals surface area (Å²) < 4.78 is 0. The van der Waals surface area contributed by atoms with Gasteiger partial charge in [0.2, 0.25) is 0 Å². The molecule has 0 amide bonds. The van der Waals surface area contributed by atoms with Crippen molar-refractivity contribution in [1.29, 1.82) is 0 Å². The highest BCUT2D eigenvalue weighted by Gasteiger charge is 2.23. The first-order chi connectivity index (χ1) is 9.38. The molecule has 0 aromatic heterocycles. The topological polar surface area (TPSA) is 23.6 Å². The van der Waals surface area contributed by atoms with E-state index in [0.29, 0.717) is 12.6 Å². The molecule has 2 rings (SSSR count). The number of piperazine rings is 1. The fraction of sp³-hybridized carbons (Fsp3) is 0.588. The number of rotatable bonds is 3. The molecule has 0 bridgehead atoms. The number of hydrogen-bond acceptors (Lipinski definition) is 3. The number of hydrogen-bond donors (Lipinski definition) is 0. The Morgan fingerprint density at radius 1 is 1.15 bits per heavy atom. The molecule has 1 atom stereocenters. The van der Waals surface area contributed by atoms with Gasteiger partial charge in [-0.3, -0.25) is 9.69 Å². The maximum atomic E-state index is 12.5. The van der Waals surface area contributed by atoms with Gasteiger partial charge in [0, 0.05) is 31.2 Å². The average molecular weight is 274 g/mol. The van der Waals surface area contributed by atoms with Gasteiger partial charge in [0.15, 0.2) is 5.78 Å². The largest absolute Gasteiger partial charge is 0.301 e. The van der Waals surface area contributed by atoms with Gasteiger partial charge < -0.3 is 4.90 Å². The van der Waals surface area contributed by atoms with Crippen molar-refractivity contribution in [3.63, 3.8) is 0 Å². The molecule has 1 aromatic rings. The molecule has 0 spiro atoms. The van der Waals surface area contributed by atoms with Gasteiger partial charge in [0.25, 0.3) is 0 Å². The Bertz CT molecular complexity index is 510. The van der Waals surface area contributed by atoms with E-state index in [1.165, 1.54) is 11.1 Å². The number of aryl methyl sites for hydroxylation is 3. The van der Waals surface area contributed by atoms with Crippen LogP contribution in [-0.2, 0) is 0 Å². The average Bonchev–Trinajstić information content (AvgIpc) is 2.38. The smallest absolute Gasteiger partial charge is 0.177 e. The van der Waals surface area contributed by atoms with Crippen LogP contribution in [0.3, 0.4) is 0 Å². The summed E-state index contributed by atoms with van der Waals surface area (Å²) in [6.07, 6.45) is 0. The van der Waals surface area contributed by atoms with E-state index in [-0.39, 0.29) is 5.78 Å². The molecule has 1 fully saturated rings. The van der Waals surface area contributed by atoms with Gasteiger partial charge in [-0.1, -0.05) is 6.07 Å². The molecule has 3 heteroatoms. The minimum absolute atomic E-state index is 0.252. The minimum Gasteiger partial charge on any atom is -0.301 e. The molecular formula is C17H26N2O. The maximum absolute atomic E-state index is 12.5. The lowest BCUT2D eigenvalue weighted by molar-refractivity contribution is 0.0785. The molecular weight excluding hydrogens is 248 g/mol. The van der Waals surface area contributed by atoms with Crippen LogP contribution in [0.25, 0.3) is 0 Å². The third kappa shape index (κ3) is 3.28. The molecule has 0 saturated carbocycles. The van der Waals surface area contributed by atoms with Crippen LogP contribution in [0.4, 0.5) is 0 Å². The first-order valence-electron chi connectivity index (χ1n) is 7.42. The molecule has 1 heterocycles. The highest BCUT2D eigenvalue weighted by Crippen LogP contribution is 2.17. The second kappa shape index (κ2) is 6.06. The van der Waals surface area contributed by atoms with Crippen molar-refractivity contribution in [2.24, 2.45) is 0 Å². The number of likely N-dealkylation sites (N-methyl/N-ethyl adjacent to an activating group) is 1. The minimum atomic E-state index is 0.252. The van der Waals surface area contributed by atoms with Gasteiger partial charge in [-0.15, -0.1) is 0 Å². The zero-order valence-electron chi connectivity index (χ0n) is 13.4. The monoisotopic (exact) mass is 274 g/mol. The van der Waals surface area contributed by atoms with Crippen LogP contribution in [0.5, 0.6) is 0 Å². The van der Waals surface area contributed by atoms with Crippen LogP contribution >= 0.6 is 0 Å². The molecule has 3 nitrogen and oxygen atoms in total. The van der Waals surface area contributed by atoms with Crippen LogP contribution in [0.1, 0.15) is 34.0 Å². The van der Waals surface area contributed by atoms with Crippen molar-refractivity contribution in [3.8, 4) is 0 Å². The van der Waals surface area contributed by atoms with Crippen LogP contribution in [0.15, 0.2) is 12.1 Å². The Labute approximate surface area is 122 Å². The number of Topliss-reactive ketones (excluding diaryl/α,β-unsaturated/α-hetero) is 1. The van der Waals surface area contributed by atoms with Crippen molar-refractivity contribution in [1.82, 2.24) is 9.80 Å². The molecule has 1 unspecified atom stereocenters. The van der Waals surface area contributed by atoms with Crippen LogP contribution in [-0.4, -0.2) is 54.9 Å². The van der Waals surface area contributed by atoms with Crippen molar-refractivity contribution in [3.05, 3.63) is 34.4 Å². The zero-order chi connectivity index (χ0) is 14.9. The van der Waals surface area contributed by atoms with Gasteiger partial charge in [0.1, 0.15) is 0 Å². The Kier molecular flexibility index (Phi) is 4.61. The van der Waals surface area contributed by atoms with Crippen LogP contribution in [0.2, 0.25) is 0 Å². The Morgan fingerprint density at radius 3 is 2.45 bits per heavy atom. The second-order valence-electron chi connectivity index (χ2n) is 6.24. The van der Waals surface area contributed by atoms with Crippen molar-refractivity contribution in [2.75, 3.05) is 33.2 Å². The van der Waals surface area contributed by atoms with Gasteiger partial charge in [-0.25, -0.2) is 0 Å². The van der Waals surface area contributed by atoms with Crippen molar-refractivity contribution in [2.45, 2.75) is 33.7 Å². The van der Waals surface area contributed by atoms with E-state index >= 15 is 0 Å². The maximum Gasteiger partial charge on any atom is 0.177 e. The van der Waals surface area contributed by atoms with E-state index < -0.39 is 0 Å². The summed E-state index contributed by atoms with van der Waals surface area (Å²) in [6, 6.07) is 4.69. The van der Waals surface area contributed by atoms with Crippen LogP contribution < -0.4 is 0 Å². The highest BCUT2D eigenvalue weighted by atomic mass is 16.1. The molecule has 20 heavy (non-hydrogen) atoms. The van der Waals surface area contributed by atoms with Crippen molar-refractivity contribution < 1.29 is 4.79 Å². The Morgan fingerprint density at radius 2 is 1.80 bits per heavy atom. The van der Waals surface area contributed by atoms with E-state index in [1.807, 2.05) is 13.0 Å². The first kappa shape index (κ1) is 15.2. The summed E-state index contributed by atoms with van der Waals surface area (Å²) in [4.78, 5) is 17.2. The zero-order valence-corrected chi connectivity index (χ0v) is 13.4. The molecule has 1 saturated heterocycles.